The summed E-state index contributed by atoms with van der Waals surface area (Å²) < 4.78 is 2.09. The smallest absolute Gasteiger partial charge is 0.270 e. The van der Waals surface area contributed by atoms with Crippen LogP contribution < -0.4 is 30.7 Å². The maximum atomic E-state index is 12.8. The average molecular weight is 497 g/mol. The molecule has 0 atom stereocenters. The molecule has 9 nitrogen and oxygen atoms in total. The molecule has 1 aliphatic rings. The molecule has 3 rings (SSSR count). The van der Waals surface area contributed by atoms with Gasteiger partial charge in [-0.2, -0.15) is 5.26 Å². The number of hydrogen-bond donors (Lipinski definition) is 3. The Hall–Kier alpha value is -3.42. The van der Waals surface area contributed by atoms with Crippen molar-refractivity contribution in [2.75, 3.05) is 38.0 Å². The molecule has 0 bridgehead atoms. The standard InChI is InChI=1S/C25H32N6O3S/c1-3-27-23(33)20(16-26)25-31(4-2)24(34)21(35-25)17-29-19-10-7-9-18(15-19)22(32)28-11-8-14-30-12-5-6-13-30/h7,9-10,15,17,29H,3-6,8,11-14H2,1-2H3,(H,27,33)(H,28,32)/b21-17?,25-20-. The first-order chi connectivity index (χ1) is 17.0. The number of thiazole rings is 1. The van der Waals surface area contributed by atoms with Gasteiger partial charge in [0, 0.05) is 37.1 Å². The first-order valence-electron chi connectivity index (χ1n) is 12.0. The molecule has 3 N–H and O–H groups in total. The van der Waals surface area contributed by atoms with Crippen LogP contribution in [0.25, 0.3) is 11.8 Å². The number of aromatic nitrogens is 1. The maximum Gasteiger partial charge on any atom is 0.270 e. The van der Waals surface area contributed by atoms with Gasteiger partial charge in [-0.15, -0.1) is 11.3 Å². The van der Waals surface area contributed by atoms with Gasteiger partial charge in [-0.05, 0) is 70.9 Å². The Labute approximate surface area is 208 Å². The van der Waals surface area contributed by atoms with Crippen LogP contribution in [0, 0.1) is 11.3 Å². The zero-order chi connectivity index (χ0) is 25.2. The highest BCUT2D eigenvalue weighted by Crippen LogP contribution is 2.11. The Balaban J connectivity index is 1.73. The van der Waals surface area contributed by atoms with Crippen LogP contribution in [-0.2, 0) is 11.3 Å². The number of carbonyl (C=O) groups excluding carboxylic acids is 2. The van der Waals surface area contributed by atoms with Crippen LogP contribution in [0.15, 0.2) is 29.1 Å². The van der Waals surface area contributed by atoms with E-state index in [0.29, 0.717) is 40.1 Å². The number of carbonyl (C=O) groups is 2. The molecule has 0 radical (unpaired) electrons. The largest absolute Gasteiger partial charge is 0.360 e. The third-order valence-corrected chi connectivity index (χ3v) is 6.87. The van der Waals surface area contributed by atoms with E-state index in [-0.39, 0.29) is 17.0 Å². The topological polar surface area (TPSA) is 119 Å². The highest BCUT2D eigenvalue weighted by molar-refractivity contribution is 7.07. The maximum absolute atomic E-state index is 12.8. The molecule has 1 saturated heterocycles. The summed E-state index contributed by atoms with van der Waals surface area (Å²) in [5.74, 6) is -0.644. The van der Waals surface area contributed by atoms with E-state index in [1.807, 2.05) is 6.07 Å². The minimum absolute atomic E-state index is 0.0844. The van der Waals surface area contributed by atoms with E-state index < -0.39 is 5.91 Å². The first kappa shape index (κ1) is 26.2. The molecule has 1 aromatic heterocycles. The SMILES string of the molecule is CCNC(=O)/C(C#N)=c1\sc(=CNc2cccc(C(=O)NCCCN3CCCC3)c2)c(=O)n1CC. The second kappa shape index (κ2) is 12.9. The number of nitrogens with zero attached hydrogens (tertiary/aromatic N) is 3. The van der Waals surface area contributed by atoms with Crippen molar-refractivity contribution >= 4 is 40.6 Å². The van der Waals surface area contributed by atoms with Crippen molar-refractivity contribution in [2.24, 2.45) is 0 Å². The fourth-order valence-electron chi connectivity index (χ4n) is 3.95. The van der Waals surface area contributed by atoms with E-state index in [1.165, 1.54) is 17.4 Å². The normalized spacial score (nSPS) is 14.9. The highest BCUT2D eigenvalue weighted by atomic mass is 32.1. The Morgan fingerprint density at radius 2 is 1.97 bits per heavy atom. The molecule has 186 valence electrons. The summed E-state index contributed by atoms with van der Waals surface area (Å²) in [6, 6.07) is 8.96. The summed E-state index contributed by atoms with van der Waals surface area (Å²) in [7, 11) is 0. The first-order valence-corrected chi connectivity index (χ1v) is 12.8. The minimum Gasteiger partial charge on any atom is -0.360 e. The lowest BCUT2D eigenvalue weighted by Crippen LogP contribution is -2.34. The van der Waals surface area contributed by atoms with Crippen molar-refractivity contribution in [3.8, 4) is 6.07 Å². The molecule has 2 amide bonds. The summed E-state index contributed by atoms with van der Waals surface area (Å²) >= 11 is 1.08. The van der Waals surface area contributed by atoms with E-state index in [0.717, 1.165) is 37.4 Å². The quantitative estimate of drug-likeness (QED) is 0.419. The van der Waals surface area contributed by atoms with Crippen LogP contribution in [0.2, 0.25) is 0 Å². The molecule has 0 unspecified atom stereocenters. The van der Waals surface area contributed by atoms with Crippen LogP contribution in [0.1, 0.15) is 43.5 Å². The van der Waals surface area contributed by atoms with Gasteiger partial charge in [0.05, 0.1) is 0 Å². The van der Waals surface area contributed by atoms with Crippen molar-refractivity contribution in [3.05, 3.63) is 49.4 Å². The van der Waals surface area contributed by atoms with Gasteiger partial charge in [-0.1, -0.05) is 6.07 Å². The molecule has 35 heavy (non-hydrogen) atoms. The Morgan fingerprint density at radius 3 is 2.66 bits per heavy atom. The number of hydrogen-bond acceptors (Lipinski definition) is 7. The Bertz CT molecular complexity index is 1270. The van der Waals surface area contributed by atoms with Crippen LogP contribution in [0.5, 0.6) is 0 Å². The molecule has 1 fully saturated rings. The fourth-order valence-corrected chi connectivity index (χ4v) is 5.04. The number of nitrogens with one attached hydrogen (secondary N) is 3. The monoisotopic (exact) mass is 496 g/mol. The summed E-state index contributed by atoms with van der Waals surface area (Å²) in [6.45, 7) is 8.18. The van der Waals surface area contributed by atoms with Crippen molar-refractivity contribution in [2.45, 2.75) is 39.7 Å². The lowest BCUT2D eigenvalue weighted by Gasteiger charge is -2.14. The number of anilines is 1. The van der Waals surface area contributed by atoms with E-state index >= 15 is 0 Å². The molecule has 1 aromatic carbocycles. The van der Waals surface area contributed by atoms with Gasteiger partial charge >= 0.3 is 0 Å². The molecule has 0 saturated carbocycles. The van der Waals surface area contributed by atoms with Gasteiger partial charge in [0.1, 0.15) is 15.3 Å². The minimum atomic E-state index is -0.503. The van der Waals surface area contributed by atoms with Crippen molar-refractivity contribution < 1.29 is 9.59 Å². The van der Waals surface area contributed by atoms with Gasteiger partial charge in [0.25, 0.3) is 17.4 Å². The molecule has 2 heterocycles. The second-order valence-electron chi connectivity index (χ2n) is 8.19. The molecular formula is C25H32N6O3S. The molecule has 0 spiro atoms. The van der Waals surface area contributed by atoms with Crippen LogP contribution in [-0.4, -0.2) is 54.0 Å². The molecule has 1 aliphatic heterocycles. The van der Waals surface area contributed by atoms with Gasteiger partial charge in [-0.3, -0.25) is 19.0 Å². The zero-order valence-corrected chi connectivity index (χ0v) is 21.0. The summed E-state index contributed by atoms with van der Waals surface area (Å²) in [5, 5.41) is 18.1. The summed E-state index contributed by atoms with van der Waals surface area (Å²) in [6.07, 6.45) is 4.98. The van der Waals surface area contributed by atoms with E-state index in [4.69, 9.17) is 0 Å². The predicted octanol–water partition coefficient (Wildman–Crippen LogP) is 0.806. The van der Waals surface area contributed by atoms with Gasteiger partial charge in [0.15, 0.2) is 5.57 Å². The molecule has 10 heteroatoms. The van der Waals surface area contributed by atoms with Gasteiger partial charge < -0.3 is 20.9 Å². The van der Waals surface area contributed by atoms with Crippen LogP contribution >= 0.6 is 11.3 Å². The zero-order valence-electron chi connectivity index (χ0n) is 20.2. The predicted molar refractivity (Wildman–Crippen MR) is 138 cm³/mol. The third kappa shape index (κ3) is 6.81. The van der Waals surface area contributed by atoms with Gasteiger partial charge in [-0.25, -0.2) is 0 Å². The Morgan fingerprint density at radius 1 is 1.20 bits per heavy atom. The number of likely N-dealkylation sites (tertiary alicyclic amines) is 1. The number of nitriles is 1. The average Bonchev–Trinajstić information content (AvgIpc) is 3.49. The van der Waals surface area contributed by atoms with Crippen molar-refractivity contribution in [1.82, 2.24) is 20.1 Å². The summed E-state index contributed by atoms with van der Waals surface area (Å²) in [4.78, 5) is 40.1. The fraction of sp³-hybridized carbons (Fsp3) is 0.440. The van der Waals surface area contributed by atoms with E-state index in [2.05, 4.69) is 20.9 Å². The van der Waals surface area contributed by atoms with E-state index in [1.54, 1.807) is 44.3 Å². The van der Waals surface area contributed by atoms with Crippen molar-refractivity contribution in [1.29, 1.82) is 5.26 Å². The van der Waals surface area contributed by atoms with Crippen LogP contribution in [0.4, 0.5) is 5.69 Å². The lowest BCUT2D eigenvalue weighted by atomic mass is 10.2. The summed E-state index contributed by atoms with van der Waals surface area (Å²) in [5.41, 5.74) is 0.807. The van der Waals surface area contributed by atoms with Crippen LogP contribution in [0.3, 0.4) is 0 Å². The molecule has 2 aromatic rings. The number of benzene rings is 1. The number of amides is 2. The van der Waals surface area contributed by atoms with Crippen molar-refractivity contribution in [3.63, 3.8) is 0 Å². The molecule has 0 aliphatic carbocycles. The highest BCUT2D eigenvalue weighted by Gasteiger charge is 2.15. The number of rotatable bonds is 10. The van der Waals surface area contributed by atoms with E-state index in [9.17, 15) is 19.6 Å². The second-order valence-corrected chi connectivity index (χ2v) is 9.23. The molecular weight excluding hydrogens is 464 g/mol. The lowest BCUT2D eigenvalue weighted by molar-refractivity contribution is -0.115. The Kier molecular flexibility index (Phi) is 9.64. The third-order valence-electron chi connectivity index (χ3n) is 5.74. The van der Waals surface area contributed by atoms with Gasteiger partial charge in [0.2, 0.25) is 0 Å².